The zero-order valence-electron chi connectivity index (χ0n) is 18.5. The van der Waals surface area contributed by atoms with Gasteiger partial charge in [0.15, 0.2) is 12.4 Å². The number of ether oxygens (including phenoxy) is 1. The Hall–Kier alpha value is -3.97. The molecule has 0 radical (unpaired) electrons. The van der Waals surface area contributed by atoms with E-state index in [1.807, 2.05) is 36.4 Å². The van der Waals surface area contributed by atoms with Crippen LogP contribution in [0.3, 0.4) is 0 Å². The number of nitro benzene ring substituents is 1. The van der Waals surface area contributed by atoms with E-state index in [0.717, 1.165) is 23.2 Å². The zero-order chi connectivity index (χ0) is 24.5. The number of nitrogens with one attached hydrogen (secondary N) is 1. The van der Waals surface area contributed by atoms with Crippen LogP contribution in [-0.2, 0) is 4.74 Å². The van der Waals surface area contributed by atoms with Gasteiger partial charge in [-0.25, -0.2) is 4.79 Å². The van der Waals surface area contributed by atoms with Crippen LogP contribution in [0.1, 0.15) is 50.2 Å². The van der Waals surface area contributed by atoms with Gasteiger partial charge in [0, 0.05) is 34.3 Å². The van der Waals surface area contributed by atoms with Crippen LogP contribution >= 0.6 is 11.6 Å². The van der Waals surface area contributed by atoms with E-state index >= 15 is 0 Å². The minimum Gasteiger partial charge on any atom is -0.454 e. The molecule has 5 rings (SSSR count). The van der Waals surface area contributed by atoms with Gasteiger partial charge in [-0.2, -0.15) is 0 Å². The molecule has 0 bridgehead atoms. The molecule has 0 aromatic heterocycles. The molecule has 0 saturated carbocycles. The smallest absolute Gasteiger partial charge is 0.338 e. The van der Waals surface area contributed by atoms with Gasteiger partial charge in [0.1, 0.15) is 0 Å². The van der Waals surface area contributed by atoms with E-state index in [-0.39, 0.29) is 23.2 Å². The van der Waals surface area contributed by atoms with E-state index in [0.29, 0.717) is 16.5 Å². The molecule has 0 unspecified atom stereocenters. The first kappa shape index (κ1) is 22.8. The Morgan fingerprint density at radius 1 is 1.03 bits per heavy atom. The number of non-ortho nitro benzene ring substituents is 1. The van der Waals surface area contributed by atoms with Gasteiger partial charge < -0.3 is 10.1 Å². The molecule has 176 valence electrons. The highest BCUT2D eigenvalue weighted by atomic mass is 35.5. The highest BCUT2D eigenvalue weighted by molar-refractivity contribution is 6.30. The molecule has 35 heavy (non-hydrogen) atoms. The van der Waals surface area contributed by atoms with Crippen molar-refractivity contribution in [3.8, 4) is 0 Å². The van der Waals surface area contributed by atoms with Crippen molar-refractivity contribution in [2.45, 2.75) is 18.4 Å². The molecule has 0 spiro atoms. The Kier molecular flexibility index (Phi) is 6.09. The van der Waals surface area contributed by atoms with Crippen LogP contribution in [-0.4, -0.2) is 23.3 Å². The second-order valence-electron chi connectivity index (χ2n) is 8.63. The quantitative estimate of drug-likeness (QED) is 0.148. The second-order valence-corrected chi connectivity index (χ2v) is 9.07. The average molecular weight is 489 g/mol. The highest BCUT2D eigenvalue weighted by Crippen LogP contribution is 2.50. The number of hydrogen-bond acceptors (Lipinski definition) is 6. The number of esters is 1. The summed E-state index contributed by atoms with van der Waals surface area (Å²) in [5, 5.41) is 15.1. The Morgan fingerprint density at radius 3 is 2.46 bits per heavy atom. The number of nitrogens with zero attached hydrogens (tertiary/aromatic N) is 1. The lowest BCUT2D eigenvalue weighted by atomic mass is 9.76. The lowest BCUT2D eigenvalue weighted by Gasteiger charge is -2.37. The van der Waals surface area contributed by atoms with E-state index in [2.05, 4.69) is 17.5 Å². The number of nitro groups is 1. The van der Waals surface area contributed by atoms with Gasteiger partial charge in [-0.15, -0.1) is 0 Å². The molecule has 1 aliphatic heterocycles. The Morgan fingerprint density at radius 2 is 1.74 bits per heavy atom. The summed E-state index contributed by atoms with van der Waals surface area (Å²) >= 11 is 6.07. The first-order chi connectivity index (χ1) is 16.9. The number of anilines is 1. The summed E-state index contributed by atoms with van der Waals surface area (Å²) in [5.74, 6) is -0.570. The van der Waals surface area contributed by atoms with Crippen LogP contribution in [0.15, 0.2) is 78.9 Å². The number of allylic oxidation sites excluding steroid dienone is 2. The fourth-order valence-corrected chi connectivity index (χ4v) is 4.91. The standard InChI is InChI=1S/C27H21ClN2O5/c28-19-9-4-17(5-10-19)26-22-3-1-2-21(22)23-14-18(8-13-24(23)29-26)27(32)35-15-25(31)16-6-11-20(12-7-16)30(33)34/h1-2,4-14,21-22,26,29H,3,15H2/t21-,22+,26-/m0/s1. The fraction of sp³-hybridized carbons (Fsp3) is 0.185. The van der Waals surface area contributed by atoms with Crippen LogP contribution in [0.25, 0.3) is 0 Å². The summed E-state index contributed by atoms with van der Waals surface area (Å²) in [5.41, 5.74) is 3.63. The first-order valence-corrected chi connectivity index (χ1v) is 11.6. The molecule has 1 heterocycles. The molecule has 0 fully saturated rings. The number of fused-ring (bicyclic) bond motifs is 3. The topological polar surface area (TPSA) is 98.5 Å². The lowest BCUT2D eigenvalue weighted by Crippen LogP contribution is -2.29. The van der Waals surface area contributed by atoms with E-state index in [1.165, 1.54) is 24.3 Å². The molecule has 1 aliphatic carbocycles. The molecule has 3 atom stereocenters. The van der Waals surface area contributed by atoms with Gasteiger partial charge >= 0.3 is 5.97 Å². The monoisotopic (exact) mass is 488 g/mol. The Bertz CT molecular complexity index is 1330. The average Bonchev–Trinajstić information content (AvgIpc) is 3.37. The number of benzene rings is 3. The summed E-state index contributed by atoms with van der Waals surface area (Å²) in [4.78, 5) is 35.3. The molecule has 0 saturated heterocycles. The van der Waals surface area contributed by atoms with Crippen LogP contribution in [0.5, 0.6) is 0 Å². The fourth-order valence-electron chi connectivity index (χ4n) is 4.79. The number of hydrogen-bond donors (Lipinski definition) is 1. The predicted octanol–water partition coefficient (Wildman–Crippen LogP) is 6.11. The van der Waals surface area contributed by atoms with Crippen LogP contribution < -0.4 is 5.32 Å². The number of Topliss-reactive ketones (excluding diaryl/α,β-unsaturated/α-hetero) is 1. The zero-order valence-corrected chi connectivity index (χ0v) is 19.3. The van der Waals surface area contributed by atoms with Crippen molar-refractivity contribution in [2.75, 3.05) is 11.9 Å². The number of rotatable bonds is 6. The number of carbonyl (C=O) groups excluding carboxylic acids is 2. The van der Waals surface area contributed by atoms with Crippen molar-refractivity contribution in [1.29, 1.82) is 0 Å². The van der Waals surface area contributed by atoms with Crippen molar-refractivity contribution in [2.24, 2.45) is 5.92 Å². The Balaban J connectivity index is 1.30. The summed E-state index contributed by atoms with van der Waals surface area (Å²) in [6, 6.07) is 18.5. The van der Waals surface area contributed by atoms with Gasteiger partial charge in [-0.3, -0.25) is 14.9 Å². The molecule has 0 amide bonds. The van der Waals surface area contributed by atoms with Crippen molar-refractivity contribution in [1.82, 2.24) is 0 Å². The SMILES string of the molecule is O=C(COC(=O)c1ccc2c(c1)[C@H]1C=CC[C@H]1[C@H](c1ccc(Cl)cc1)N2)c1ccc([N+](=O)[O-])cc1. The summed E-state index contributed by atoms with van der Waals surface area (Å²) in [6.45, 7) is -0.448. The van der Waals surface area contributed by atoms with Gasteiger partial charge in [0.05, 0.1) is 16.5 Å². The maximum absolute atomic E-state index is 12.7. The largest absolute Gasteiger partial charge is 0.454 e. The van der Waals surface area contributed by atoms with Crippen LogP contribution in [0, 0.1) is 16.0 Å². The summed E-state index contributed by atoms with van der Waals surface area (Å²) in [7, 11) is 0. The summed E-state index contributed by atoms with van der Waals surface area (Å²) in [6.07, 6.45) is 5.27. The predicted molar refractivity (Wildman–Crippen MR) is 132 cm³/mol. The maximum atomic E-state index is 12.7. The summed E-state index contributed by atoms with van der Waals surface area (Å²) < 4.78 is 5.25. The second kappa shape index (κ2) is 9.35. The Labute approximate surface area is 206 Å². The van der Waals surface area contributed by atoms with E-state index < -0.39 is 23.3 Å². The first-order valence-electron chi connectivity index (χ1n) is 11.2. The molecule has 1 N–H and O–H groups in total. The third-order valence-corrected chi connectivity index (χ3v) is 6.81. The third-order valence-electron chi connectivity index (χ3n) is 6.56. The van der Waals surface area contributed by atoms with E-state index in [1.54, 1.807) is 6.07 Å². The third kappa shape index (κ3) is 4.55. The van der Waals surface area contributed by atoms with Gasteiger partial charge in [0.2, 0.25) is 0 Å². The minimum atomic E-state index is -0.596. The van der Waals surface area contributed by atoms with Gasteiger partial charge in [-0.1, -0.05) is 35.9 Å². The molecular weight excluding hydrogens is 468 g/mol. The molecule has 3 aromatic carbocycles. The molecular formula is C27H21ClN2O5. The molecule has 7 nitrogen and oxygen atoms in total. The van der Waals surface area contributed by atoms with Gasteiger partial charge in [0.25, 0.3) is 5.69 Å². The van der Waals surface area contributed by atoms with Crippen molar-refractivity contribution in [3.05, 3.63) is 116 Å². The van der Waals surface area contributed by atoms with E-state index in [4.69, 9.17) is 16.3 Å². The number of carbonyl (C=O) groups is 2. The number of halogens is 1. The van der Waals surface area contributed by atoms with Crippen molar-refractivity contribution >= 4 is 34.7 Å². The van der Waals surface area contributed by atoms with Crippen LogP contribution in [0.2, 0.25) is 5.02 Å². The minimum absolute atomic E-state index is 0.112. The lowest BCUT2D eigenvalue weighted by molar-refractivity contribution is -0.384. The maximum Gasteiger partial charge on any atom is 0.338 e. The molecule has 8 heteroatoms. The molecule has 3 aromatic rings. The normalized spacial score (nSPS) is 19.9. The van der Waals surface area contributed by atoms with E-state index in [9.17, 15) is 19.7 Å². The molecule has 2 aliphatic rings. The number of ketones is 1. The van der Waals surface area contributed by atoms with Gasteiger partial charge in [-0.05, 0) is 65.9 Å². The highest BCUT2D eigenvalue weighted by Gasteiger charge is 2.38. The van der Waals surface area contributed by atoms with Crippen molar-refractivity contribution < 1.29 is 19.2 Å². The van der Waals surface area contributed by atoms with Crippen molar-refractivity contribution in [3.63, 3.8) is 0 Å². The van der Waals surface area contributed by atoms with Crippen LogP contribution in [0.4, 0.5) is 11.4 Å².